The third-order valence-electron chi connectivity index (χ3n) is 2.81. The highest BCUT2D eigenvalue weighted by atomic mass is 16.5. The van der Waals surface area contributed by atoms with Crippen molar-refractivity contribution < 1.29 is 9.84 Å². The molecule has 1 aromatic carbocycles. The van der Waals surface area contributed by atoms with Gasteiger partial charge in [-0.1, -0.05) is 18.2 Å². The van der Waals surface area contributed by atoms with Gasteiger partial charge in [-0.25, -0.2) is 4.98 Å². The van der Waals surface area contributed by atoms with Gasteiger partial charge < -0.3 is 14.4 Å². The molecule has 0 aliphatic rings. The Labute approximate surface area is 107 Å². The number of nitrogens with zero attached hydrogens (tertiary/aromatic N) is 2. The zero-order chi connectivity index (χ0) is 13.0. The Bertz CT molecular complexity index is 508. The van der Waals surface area contributed by atoms with Gasteiger partial charge in [0.1, 0.15) is 11.9 Å². The van der Waals surface area contributed by atoms with E-state index >= 15 is 0 Å². The number of aliphatic hydroxyl groups excluding tert-OH is 1. The van der Waals surface area contributed by atoms with Crippen molar-refractivity contribution in [1.29, 1.82) is 0 Å². The molecule has 0 amide bonds. The van der Waals surface area contributed by atoms with E-state index in [0.717, 1.165) is 12.1 Å². The fourth-order valence-electron chi connectivity index (χ4n) is 1.84. The molecule has 0 bridgehead atoms. The first-order valence-electron chi connectivity index (χ1n) is 6.17. The molecule has 4 heteroatoms. The summed E-state index contributed by atoms with van der Waals surface area (Å²) in [7, 11) is 0. The van der Waals surface area contributed by atoms with Gasteiger partial charge in [-0.15, -0.1) is 0 Å². The first-order valence-corrected chi connectivity index (χ1v) is 6.17. The number of hydrogen-bond donors (Lipinski definition) is 1. The molecule has 1 heterocycles. The summed E-state index contributed by atoms with van der Waals surface area (Å²) in [6.07, 6.45) is 2.83. The monoisotopic (exact) mass is 246 g/mol. The maximum atomic E-state index is 10.4. The lowest BCUT2D eigenvalue weighted by Gasteiger charge is -2.13. The van der Waals surface area contributed by atoms with Gasteiger partial charge in [0, 0.05) is 18.3 Å². The minimum absolute atomic E-state index is 0.577. The van der Waals surface area contributed by atoms with Gasteiger partial charge in [0.15, 0.2) is 0 Å². The van der Waals surface area contributed by atoms with Crippen LogP contribution in [0.1, 0.15) is 31.2 Å². The predicted molar refractivity (Wildman–Crippen MR) is 69.6 cm³/mol. The summed E-state index contributed by atoms with van der Waals surface area (Å²) in [5.41, 5.74) is 1.39. The Morgan fingerprint density at radius 1 is 1.33 bits per heavy atom. The van der Waals surface area contributed by atoms with Crippen LogP contribution in [0.3, 0.4) is 0 Å². The van der Waals surface area contributed by atoms with Gasteiger partial charge in [0.2, 0.25) is 0 Å². The van der Waals surface area contributed by atoms with Crippen LogP contribution in [0.4, 0.5) is 0 Å². The second-order valence-corrected chi connectivity index (χ2v) is 4.00. The molecule has 0 spiro atoms. The van der Waals surface area contributed by atoms with Crippen molar-refractivity contribution in [1.82, 2.24) is 9.55 Å². The SMILES string of the molecule is CCOc1ccccc1C(O)c1cn(CC)cn1. The Morgan fingerprint density at radius 3 is 2.78 bits per heavy atom. The summed E-state index contributed by atoms with van der Waals surface area (Å²) in [4.78, 5) is 4.22. The number of imidazole rings is 1. The van der Waals surface area contributed by atoms with E-state index in [1.807, 2.05) is 48.9 Å². The fraction of sp³-hybridized carbons (Fsp3) is 0.357. The molecule has 1 unspecified atom stereocenters. The molecule has 0 saturated carbocycles. The number of aryl methyl sites for hydroxylation is 1. The number of hydrogen-bond acceptors (Lipinski definition) is 3. The van der Waals surface area contributed by atoms with Crippen molar-refractivity contribution in [3.05, 3.63) is 48.0 Å². The Morgan fingerprint density at radius 2 is 2.11 bits per heavy atom. The molecule has 18 heavy (non-hydrogen) atoms. The number of ether oxygens (including phenoxy) is 1. The second-order valence-electron chi connectivity index (χ2n) is 4.00. The molecule has 2 aromatic rings. The number of aliphatic hydroxyl groups is 1. The van der Waals surface area contributed by atoms with E-state index in [2.05, 4.69) is 4.98 Å². The van der Waals surface area contributed by atoms with E-state index in [4.69, 9.17) is 4.74 Å². The van der Waals surface area contributed by atoms with Crippen molar-refractivity contribution in [2.24, 2.45) is 0 Å². The van der Waals surface area contributed by atoms with E-state index in [-0.39, 0.29) is 0 Å². The molecule has 0 aliphatic carbocycles. The van der Waals surface area contributed by atoms with Crippen LogP contribution in [0.25, 0.3) is 0 Å². The first-order chi connectivity index (χ1) is 8.76. The molecule has 96 valence electrons. The first kappa shape index (κ1) is 12.6. The van der Waals surface area contributed by atoms with Crippen LogP contribution in [0.15, 0.2) is 36.8 Å². The van der Waals surface area contributed by atoms with Crippen molar-refractivity contribution in [2.45, 2.75) is 26.5 Å². The summed E-state index contributed by atoms with van der Waals surface area (Å²) < 4.78 is 7.45. The molecular weight excluding hydrogens is 228 g/mol. The highest BCUT2D eigenvalue weighted by Crippen LogP contribution is 2.28. The van der Waals surface area contributed by atoms with Gasteiger partial charge in [0.05, 0.1) is 18.6 Å². The summed E-state index contributed by atoms with van der Waals surface area (Å²) >= 11 is 0. The van der Waals surface area contributed by atoms with Crippen LogP contribution >= 0.6 is 0 Å². The third kappa shape index (κ3) is 2.54. The topological polar surface area (TPSA) is 47.3 Å². The lowest BCUT2D eigenvalue weighted by atomic mass is 10.1. The summed E-state index contributed by atoms with van der Waals surface area (Å²) in [6.45, 7) is 5.38. The molecule has 1 N–H and O–H groups in total. The average molecular weight is 246 g/mol. The van der Waals surface area contributed by atoms with Crippen LogP contribution < -0.4 is 4.74 Å². The molecule has 1 atom stereocenters. The van der Waals surface area contributed by atoms with Crippen molar-refractivity contribution in [3.63, 3.8) is 0 Å². The van der Waals surface area contributed by atoms with E-state index < -0.39 is 6.10 Å². The minimum Gasteiger partial charge on any atom is -0.493 e. The van der Waals surface area contributed by atoms with Crippen LogP contribution in [0.2, 0.25) is 0 Å². The van der Waals surface area contributed by atoms with Gasteiger partial charge in [0.25, 0.3) is 0 Å². The molecule has 0 fully saturated rings. The molecule has 0 aliphatic heterocycles. The van der Waals surface area contributed by atoms with Crippen LogP contribution in [-0.2, 0) is 6.54 Å². The Kier molecular flexibility index (Phi) is 3.99. The maximum Gasteiger partial charge on any atom is 0.126 e. The Hall–Kier alpha value is -1.81. The molecule has 0 saturated heterocycles. The molecular formula is C14H18N2O2. The minimum atomic E-state index is -0.749. The zero-order valence-corrected chi connectivity index (χ0v) is 10.7. The van der Waals surface area contributed by atoms with Crippen LogP contribution in [0.5, 0.6) is 5.75 Å². The van der Waals surface area contributed by atoms with E-state index in [1.54, 1.807) is 6.33 Å². The van der Waals surface area contributed by atoms with E-state index in [1.165, 1.54) is 0 Å². The van der Waals surface area contributed by atoms with Crippen LogP contribution in [-0.4, -0.2) is 21.3 Å². The number of rotatable bonds is 5. The second kappa shape index (κ2) is 5.69. The van der Waals surface area contributed by atoms with Crippen molar-refractivity contribution >= 4 is 0 Å². The lowest BCUT2D eigenvalue weighted by molar-refractivity contribution is 0.207. The summed E-state index contributed by atoms with van der Waals surface area (Å²) in [6, 6.07) is 7.50. The van der Waals surface area contributed by atoms with Crippen molar-refractivity contribution in [3.8, 4) is 5.75 Å². The smallest absolute Gasteiger partial charge is 0.126 e. The van der Waals surface area contributed by atoms with Gasteiger partial charge in [-0.2, -0.15) is 0 Å². The number of para-hydroxylation sites is 1. The van der Waals surface area contributed by atoms with Crippen LogP contribution in [0, 0.1) is 0 Å². The van der Waals surface area contributed by atoms with Gasteiger partial charge in [-0.3, -0.25) is 0 Å². The largest absolute Gasteiger partial charge is 0.493 e. The molecule has 4 nitrogen and oxygen atoms in total. The predicted octanol–water partition coefficient (Wildman–Crippen LogP) is 2.38. The average Bonchev–Trinajstić information content (AvgIpc) is 2.88. The number of aromatic nitrogens is 2. The van der Waals surface area contributed by atoms with Crippen molar-refractivity contribution in [2.75, 3.05) is 6.61 Å². The lowest BCUT2D eigenvalue weighted by Crippen LogP contribution is -2.04. The molecule has 2 rings (SSSR count). The standard InChI is InChI=1S/C14H18N2O2/c1-3-16-9-12(15-10-16)14(17)11-7-5-6-8-13(11)18-4-2/h5-10,14,17H,3-4H2,1-2H3. The highest BCUT2D eigenvalue weighted by Gasteiger charge is 2.17. The normalized spacial score (nSPS) is 12.4. The molecule has 1 aromatic heterocycles. The summed E-state index contributed by atoms with van der Waals surface area (Å²) in [5.74, 6) is 0.707. The van der Waals surface area contributed by atoms with E-state index in [9.17, 15) is 5.11 Å². The zero-order valence-electron chi connectivity index (χ0n) is 10.7. The third-order valence-corrected chi connectivity index (χ3v) is 2.81. The Balaban J connectivity index is 2.29. The maximum absolute atomic E-state index is 10.4. The number of benzene rings is 1. The fourth-order valence-corrected chi connectivity index (χ4v) is 1.84. The molecule has 0 radical (unpaired) electrons. The quantitative estimate of drug-likeness (QED) is 0.881. The summed E-state index contributed by atoms with van der Waals surface area (Å²) in [5, 5.41) is 10.4. The van der Waals surface area contributed by atoms with Gasteiger partial charge >= 0.3 is 0 Å². The van der Waals surface area contributed by atoms with Gasteiger partial charge in [-0.05, 0) is 19.9 Å². The van der Waals surface area contributed by atoms with E-state index in [0.29, 0.717) is 18.1 Å². The highest BCUT2D eigenvalue weighted by molar-refractivity contribution is 5.38.